The minimum atomic E-state index is 0.235. The second-order valence-corrected chi connectivity index (χ2v) is 7.43. The molecule has 0 aromatic heterocycles. The van der Waals surface area contributed by atoms with Gasteiger partial charge in [0.2, 0.25) is 0 Å². The van der Waals surface area contributed by atoms with Crippen LogP contribution in [0.25, 0.3) is 0 Å². The standard InChI is InChI=1S/C22H27ClN2O2/c1-4-5-17-12-18(22(26)21(13-17)27-3)15-24-8-10-25(11-9-24)20-14-19(23)7-6-16(20)2/h4,6-7,12-14,26H,1,5,8-11,15H2,2-3H3. The van der Waals surface area contributed by atoms with Gasteiger partial charge in [-0.3, -0.25) is 4.90 Å². The number of rotatable bonds is 6. The lowest BCUT2D eigenvalue weighted by atomic mass is 10.0. The summed E-state index contributed by atoms with van der Waals surface area (Å²) in [6.07, 6.45) is 2.62. The number of methoxy groups -OCH3 is 1. The monoisotopic (exact) mass is 386 g/mol. The Morgan fingerprint density at radius 1 is 1.19 bits per heavy atom. The largest absolute Gasteiger partial charge is 0.504 e. The molecule has 27 heavy (non-hydrogen) atoms. The van der Waals surface area contributed by atoms with Crippen molar-refractivity contribution in [1.29, 1.82) is 0 Å². The minimum Gasteiger partial charge on any atom is -0.504 e. The molecule has 5 heteroatoms. The third-order valence-corrected chi connectivity index (χ3v) is 5.33. The zero-order chi connectivity index (χ0) is 19.4. The molecule has 0 atom stereocenters. The van der Waals surface area contributed by atoms with Crippen molar-refractivity contribution >= 4 is 17.3 Å². The molecule has 0 radical (unpaired) electrons. The van der Waals surface area contributed by atoms with Gasteiger partial charge in [0.05, 0.1) is 7.11 Å². The number of halogens is 1. The number of hydrogen-bond acceptors (Lipinski definition) is 4. The van der Waals surface area contributed by atoms with Gasteiger partial charge in [-0.25, -0.2) is 0 Å². The van der Waals surface area contributed by atoms with E-state index in [-0.39, 0.29) is 5.75 Å². The van der Waals surface area contributed by atoms with E-state index in [2.05, 4.69) is 29.4 Å². The Morgan fingerprint density at radius 2 is 1.93 bits per heavy atom. The quantitative estimate of drug-likeness (QED) is 0.746. The molecule has 0 amide bonds. The van der Waals surface area contributed by atoms with Crippen LogP contribution in [-0.4, -0.2) is 43.3 Å². The first-order chi connectivity index (χ1) is 13.0. The van der Waals surface area contributed by atoms with Crippen LogP contribution in [0, 0.1) is 6.92 Å². The van der Waals surface area contributed by atoms with Crippen molar-refractivity contribution < 1.29 is 9.84 Å². The van der Waals surface area contributed by atoms with E-state index in [4.69, 9.17) is 16.3 Å². The number of anilines is 1. The zero-order valence-corrected chi connectivity index (χ0v) is 16.8. The number of aryl methyl sites for hydroxylation is 1. The SMILES string of the molecule is C=CCc1cc(CN2CCN(c3cc(Cl)ccc3C)CC2)c(O)c(OC)c1. The molecule has 0 saturated carbocycles. The number of allylic oxidation sites excluding steroid dienone is 1. The number of ether oxygens (including phenoxy) is 1. The van der Waals surface area contributed by atoms with Crippen LogP contribution < -0.4 is 9.64 Å². The van der Waals surface area contributed by atoms with Crippen molar-refractivity contribution in [3.63, 3.8) is 0 Å². The smallest absolute Gasteiger partial charge is 0.162 e. The van der Waals surface area contributed by atoms with E-state index in [0.29, 0.717) is 12.3 Å². The number of phenols is 1. The maximum atomic E-state index is 10.5. The molecule has 1 heterocycles. The minimum absolute atomic E-state index is 0.235. The molecule has 2 aromatic rings. The Labute approximate surface area is 166 Å². The van der Waals surface area contributed by atoms with E-state index in [1.807, 2.05) is 30.3 Å². The van der Waals surface area contributed by atoms with E-state index in [1.54, 1.807) is 7.11 Å². The molecule has 144 valence electrons. The second-order valence-electron chi connectivity index (χ2n) is 6.99. The van der Waals surface area contributed by atoms with Gasteiger partial charge in [-0.2, -0.15) is 0 Å². The lowest BCUT2D eigenvalue weighted by Crippen LogP contribution is -2.46. The second kappa shape index (κ2) is 8.68. The molecule has 1 aliphatic heterocycles. The summed E-state index contributed by atoms with van der Waals surface area (Å²) in [6, 6.07) is 9.97. The van der Waals surface area contributed by atoms with Crippen molar-refractivity contribution in [3.8, 4) is 11.5 Å². The molecule has 0 unspecified atom stereocenters. The first-order valence-corrected chi connectivity index (χ1v) is 9.62. The fourth-order valence-corrected chi connectivity index (χ4v) is 3.77. The normalized spacial score (nSPS) is 15.0. The summed E-state index contributed by atoms with van der Waals surface area (Å²) < 4.78 is 5.34. The number of phenolic OH excluding ortho intramolecular Hbond substituents is 1. The van der Waals surface area contributed by atoms with E-state index >= 15 is 0 Å². The van der Waals surface area contributed by atoms with Gasteiger partial charge in [-0.1, -0.05) is 29.8 Å². The van der Waals surface area contributed by atoms with E-state index in [9.17, 15) is 5.11 Å². The Kier molecular flexibility index (Phi) is 6.30. The van der Waals surface area contributed by atoms with Crippen LogP contribution in [0.2, 0.25) is 5.02 Å². The maximum Gasteiger partial charge on any atom is 0.162 e. The molecule has 0 aliphatic carbocycles. The average molecular weight is 387 g/mol. The van der Waals surface area contributed by atoms with Gasteiger partial charge in [-0.05, 0) is 42.7 Å². The van der Waals surface area contributed by atoms with E-state index < -0.39 is 0 Å². The number of piperazine rings is 1. The number of benzene rings is 2. The Hall–Kier alpha value is -2.17. The third-order valence-electron chi connectivity index (χ3n) is 5.09. The Morgan fingerprint density at radius 3 is 2.59 bits per heavy atom. The summed E-state index contributed by atoms with van der Waals surface area (Å²) >= 11 is 6.17. The Balaban J connectivity index is 1.69. The summed E-state index contributed by atoms with van der Waals surface area (Å²) in [5.74, 6) is 0.760. The van der Waals surface area contributed by atoms with Gasteiger partial charge >= 0.3 is 0 Å². The lowest BCUT2D eigenvalue weighted by molar-refractivity contribution is 0.245. The Bertz CT molecular complexity index is 814. The highest BCUT2D eigenvalue weighted by Crippen LogP contribution is 2.33. The van der Waals surface area contributed by atoms with Crippen LogP contribution in [-0.2, 0) is 13.0 Å². The lowest BCUT2D eigenvalue weighted by Gasteiger charge is -2.37. The van der Waals surface area contributed by atoms with Gasteiger partial charge < -0.3 is 14.7 Å². The van der Waals surface area contributed by atoms with Crippen molar-refractivity contribution in [2.45, 2.75) is 19.9 Å². The van der Waals surface area contributed by atoms with Crippen LogP contribution >= 0.6 is 11.6 Å². The van der Waals surface area contributed by atoms with Crippen LogP contribution in [0.5, 0.6) is 11.5 Å². The number of hydrogen-bond donors (Lipinski definition) is 1. The average Bonchev–Trinajstić information content (AvgIpc) is 2.67. The first-order valence-electron chi connectivity index (χ1n) is 9.25. The van der Waals surface area contributed by atoms with E-state index in [1.165, 1.54) is 11.3 Å². The zero-order valence-electron chi connectivity index (χ0n) is 16.0. The summed E-state index contributed by atoms with van der Waals surface area (Å²) in [5.41, 5.74) is 4.45. The summed E-state index contributed by atoms with van der Waals surface area (Å²) in [7, 11) is 1.59. The molecule has 1 aliphatic rings. The van der Waals surface area contributed by atoms with Gasteiger partial charge in [0.15, 0.2) is 11.5 Å². The highest BCUT2D eigenvalue weighted by molar-refractivity contribution is 6.30. The molecule has 2 aromatic carbocycles. The number of aromatic hydroxyl groups is 1. The predicted octanol–water partition coefficient (Wildman–Crippen LogP) is 4.41. The predicted molar refractivity (Wildman–Crippen MR) is 112 cm³/mol. The molecular formula is C22H27ClN2O2. The van der Waals surface area contributed by atoms with Crippen molar-refractivity contribution in [2.24, 2.45) is 0 Å². The van der Waals surface area contributed by atoms with Gasteiger partial charge in [-0.15, -0.1) is 6.58 Å². The topological polar surface area (TPSA) is 35.9 Å². The molecule has 3 rings (SSSR count). The molecule has 1 fully saturated rings. The molecular weight excluding hydrogens is 360 g/mol. The van der Waals surface area contributed by atoms with Crippen molar-refractivity contribution in [2.75, 3.05) is 38.2 Å². The van der Waals surface area contributed by atoms with Crippen LogP contribution in [0.1, 0.15) is 16.7 Å². The fraction of sp³-hybridized carbons (Fsp3) is 0.364. The van der Waals surface area contributed by atoms with Crippen LogP contribution in [0.15, 0.2) is 43.0 Å². The number of nitrogens with zero attached hydrogens (tertiary/aromatic N) is 2. The fourth-order valence-electron chi connectivity index (χ4n) is 3.60. The van der Waals surface area contributed by atoms with E-state index in [0.717, 1.165) is 48.7 Å². The summed E-state index contributed by atoms with van der Waals surface area (Å²) in [4.78, 5) is 4.74. The molecule has 0 spiro atoms. The molecule has 0 bridgehead atoms. The molecule has 1 N–H and O–H groups in total. The van der Waals surface area contributed by atoms with Crippen LogP contribution in [0.4, 0.5) is 5.69 Å². The first kappa shape index (κ1) is 19.6. The highest BCUT2D eigenvalue weighted by atomic mass is 35.5. The maximum absolute atomic E-state index is 10.5. The van der Waals surface area contributed by atoms with Gasteiger partial charge in [0.1, 0.15) is 0 Å². The van der Waals surface area contributed by atoms with Gasteiger partial charge in [0, 0.05) is 49.0 Å². The summed E-state index contributed by atoms with van der Waals surface area (Å²) in [6.45, 7) is 10.4. The summed E-state index contributed by atoms with van der Waals surface area (Å²) in [5, 5.41) is 11.3. The molecule has 1 saturated heterocycles. The van der Waals surface area contributed by atoms with Crippen molar-refractivity contribution in [3.05, 3.63) is 64.7 Å². The van der Waals surface area contributed by atoms with Crippen molar-refractivity contribution in [1.82, 2.24) is 4.90 Å². The van der Waals surface area contributed by atoms with Crippen LogP contribution in [0.3, 0.4) is 0 Å². The highest BCUT2D eigenvalue weighted by Gasteiger charge is 2.20. The molecule has 4 nitrogen and oxygen atoms in total. The van der Waals surface area contributed by atoms with Gasteiger partial charge in [0.25, 0.3) is 0 Å². The third kappa shape index (κ3) is 4.57.